The largest absolute Gasteiger partial charge is 0.496 e. The molecule has 3 rings (SSSR count). The molecular formula is C18H16BrNO. The number of hydrogen-bond acceptors (Lipinski definition) is 2. The highest BCUT2D eigenvalue weighted by molar-refractivity contribution is 9.10. The maximum absolute atomic E-state index is 6.48. The molecule has 1 atom stereocenters. The van der Waals surface area contributed by atoms with Crippen LogP contribution in [-0.2, 0) is 0 Å². The average molecular weight is 342 g/mol. The first-order valence-corrected chi connectivity index (χ1v) is 7.56. The van der Waals surface area contributed by atoms with Gasteiger partial charge in [0, 0.05) is 0 Å². The second kappa shape index (κ2) is 5.88. The summed E-state index contributed by atoms with van der Waals surface area (Å²) in [7, 11) is 1.66. The van der Waals surface area contributed by atoms with E-state index in [0.717, 1.165) is 21.3 Å². The highest BCUT2D eigenvalue weighted by Crippen LogP contribution is 2.32. The van der Waals surface area contributed by atoms with E-state index in [2.05, 4.69) is 46.3 Å². The lowest BCUT2D eigenvalue weighted by Crippen LogP contribution is -2.12. The van der Waals surface area contributed by atoms with Crippen LogP contribution in [0.15, 0.2) is 65.1 Å². The van der Waals surface area contributed by atoms with Crippen molar-refractivity contribution in [2.45, 2.75) is 6.04 Å². The average Bonchev–Trinajstić information content (AvgIpc) is 2.53. The van der Waals surface area contributed by atoms with Crippen LogP contribution in [0.1, 0.15) is 17.2 Å². The molecule has 2 N–H and O–H groups in total. The Morgan fingerprint density at radius 1 is 1.00 bits per heavy atom. The molecule has 106 valence electrons. The summed E-state index contributed by atoms with van der Waals surface area (Å²) in [5.41, 5.74) is 8.67. The van der Waals surface area contributed by atoms with E-state index in [9.17, 15) is 0 Å². The molecule has 3 heteroatoms. The number of benzene rings is 3. The normalized spacial score (nSPS) is 12.3. The molecule has 0 heterocycles. The first kappa shape index (κ1) is 14.1. The molecule has 0 aliphatic carbocycles. The van der Waals surface area contributed by atoms with E-state index in [0.29, 0.717) is 0 Å². The zero-order valence-corrected chi connectivity index (χ0v) is 13.3. The van der Waals surface area contributed by atoms with Crippen LogP contribution in [0.4, 0.5) is 0 Å². The van der Waals surface area contributed by atoms with E-state index >= 15 is 0 Å². The SMILES string of the molecule is COc1ccc(C(N)c2cccc3ccccc23)cc1Br. The molecule has 3 aromatic carbocycles. The molecule has 21 heavy (non-hydrogen) atoms. The number of rotatable bonds is 3. The van der Waals surface area contributed by atoms with Gasteiger partial charge in [-0.3, -0.25) is 0 Å². The van der Waals surface area contributed by atoms with E-state index in [4.69, 9.17) is 10.5 Å². The van der Waals surface area contributed by atoms with Crippen molar-refractivity contribution in [3.63, 3.8) is 0 Å². The van der Waals surface area contributed by atoms with Gasteiger partial charge in [0.1, 0.15) is 5.75 Å². The van der Waals surface area contributed by atoms with Crippen molar-refractivity contribution in [1.29, 1.82) is 0 Å². The van der Waals surface area contributed by atoms with Crippen molar-refractivity contribution in [3.8, 4) is 5.75 Å². The van der Waals surface area contributed by atoms with Gasteiger partial charge in [-0.2, -0.15) is 0 Å². The molecule has 0 radical (unpaired) electrons. The molecule has 0 saturated carbocycles. The summed E-state index contributed by atoms with van der Waals surface area (Å²) in [5, 5.41) is 2.40. The van der Waals surface area contributed by atoms with Crippen LogP contribution in [0.3, 0.4) is 0 Å². The molecular weight excluding hydrogens is 326 g/mol. The van der Waals surface area contributed by atoms with E-state index in [-0.39, 0.29) is 6.04 Å². The van der Waals surface area contributed by atoms with Crippen LogP contribution in [0, 0.1) is 0 Å². The second-order valence-electron chi connectivity index (χ2n) is 4.94. The van der Waals surface area contributed by atoms with Gasteiger partial charge in [-0.25, -0.2) is 0 Å². The van der Waals surface area contributed by atoms with Gasteiger partial charge in [-0.1, -0.05) is 48.5 Å². The number of methoxy groups -OCH3 is 1. The van der Waals surface area contributed by atoms with Gasteiger partial charge in [0.2, 0.25) is 0 Å². The molecule has 0 spiro atoms. The fourth-order valence-corrected chi connectivity index (χ4v) is 3.14. The van der Waals surface area contributed by atoms with Crippen molar-refractivity contribution in [2.75, 3.05) is 7.11 Å². The van der Waals surface area contributed by atoms with Crippen LogP contribution in [0.5, 0.6) is 5.75 Å². The third-order valence-electron chi connectivity index (χ3n) is 3.69. The molecule has 0 aliphatic heterocycles. The topological polar surface area (TPSA) is 35.2 Å². The highest BCUT2D eigenvalue weighted by Gasteiger charge is 2.13. The molecule has 0 bridgehead atoms. The van der Waals surface area contributed by atoms with Crippen LogP contribution < -0.4 is 10.5 Å². The Bertz CT molecular complexity index is 780. The summed E-state index contributed by atoms with van der Waals surface area (Å²) < 4.78 is 6.18. The van der Waals surface area contributed by atoms with E-state index in [1.54, 1.807) is 7.11 Å². The van der Waals surface area contributed by atoms with Crippen molar-refractivity contribution in [3.05, 3.63) is 76.3 Å². The van der Waals surface area contributed by atoms with Crippen LogP contribution in [-0.4, -0.2) is 7.11 Å². The zero-order chi connectivity index (χ0) is 14.8. The van der Waals surface area contributed by atoms with Crippen LogP contribution >= 0.6 is 15.9 Å². The summed E-state index contributed by atoms with van der Waals surface area (Å²) in [5.74, 6) is 0.809. The lowest BCUT2D eigenvalue weighted by molar-refractivity contribution is 0.412. The summed E-state index contributed by atoms with van der Waals surface area (Å²) in [6, 6.07) is 20.4. The Morgan fingerprint density at radius 2 is 1.76 bits per heavy atom. The quantitative estimate of drug-likeness (QED) is 0.751. The standard InChI is InChI=1S/C18H16BrNO/c1-21-17-10-9-13(11-16(17)19)18(20)15-8-4-6-12-5-2-3-7-14(12)15/h2-11,18H,20H2,1H3. The number of halogens is 1. The fourth-order valence-electron chi connectivity index (χ4n) is 2.58. The second-order valence-corrected chi connectivity index (χ2v) is 5.79. The van der Waals surface area contributed by atoms with Crippen LogP contribution in [0.2, 0.25) is 0 Å². The molecule has 1 unspecified atom stereocenters. The smallest absolute Gasteiger partial charge is 0.133 e. The number of nitrogens with two attached hydrogens (primary N) is 1. The fraction of sp³-hybridized carbons (Fsp3) is 0.111. The summed E-state index contributed by atoms with van der Waals surface area (Å²) in [4.78, 5) is 0. The van der Waals surface area contributed by atoms with Gasteiger partial charge in [-0.05, 0) is 50.0 Å². The Labute approximate surface area is 132 Å². The molecule has 0 fully saturated rings. The minimum Gasteiger partial charge on any atom is -0.496 e. The first-order chi connectivity index (χ1) is 10.2. The van der Waals surface area contributed by atoms with Crippen molar-refractivity contribution in [2.24, 2.45) is 5.73 Å². The third-order valence-corrected chi connectivity index (χ3v) is 4.31. The lowest BCUT2D eigenvalue weighted by Gasteiger charge is -2.16. The Morgan fingerprint density at radius 3 is 2.52 bits per heavy atom. The van der Waals surface area contributed by atoms with Crippen molar-refractivity contribution < 1.29 is 4.74 Å². The minimum absolute atomic E-state index is 0.168. The Balaban J connectivity index is 2.08. The first-order valence-electron chi connectivity index (χ1n) is 6.77. The molecule has 2 nitrogen and oxygen atoms in total. The van der Waals surface area contributed by atoms with Gasteiger partial charge in [0.15, 0.2) is 0 Å². The third kappa shape index (κ3) is 2.67. The molecule has 0 aromatic heterocycles. The monoisotopic (exact) mass is 341 g/mol. The van der Waals surface area contributed by atoms with Gasteiger partial charge in [0.05, 0.1) is 17.6 Å². The van der Waals surface area contributed by atoms with Gasteiger partial charge >= 0.3 is 0 Å². The predicted molar refractivity (Wildman–Crippen MR) is 90.7 cm³/mol. The summed E-state index contributed by atoms with van der Waals surface area (Å²) in [6.07, 6.45) is 0. The minimum atomic E-state index is -0.168. The molecule has 0 amide bonds. The molecule has 0 saturated heterocycles. The predicted octanol–water partition coefficient (Wildman–Crippen LogP) is 4.66. The van der Waals surface area contributed by atoms with Gasteiger partial charge in [-0.15, -0.1) is 0 Å². The maximum atomic E-state index is 6.48. The lowest BCUT2D eigenvalue weighted by atomic mass is 9.94. The maximum Gasteiger partial charge on any atom is 0.133 e. The Hall–Kier alpha value is -1.84. The number of hydrogen-bond donors (Lipinski definition) is 1. The number of fused-ring (bicyclic) bond motifs is 1. The van der Waals surface area contributed by atoms with Gasteiger partial charge in [0.25, 0.3) is 0 Å². The molecule has 3 aromatic rings. The summed E-state index contributed by atoms with van der Waals surface area (Å²) >= 11 is 3.52. The zero-order valence-electron chi connectivity index (χ0n) is 11.7. The van der Waals surface area contributed by atoms with Crippen molar-refractivity contribution >= 4 is 26.7 Å². The van der Waals surface area contributed by atoms with E-state index < -0.39 is 0 Å². The molecule has 0 aliphatic rings. The van der Waals surface area contributed by atoms with Crippen molar-refractivity contribution in [1.82, 2.24) is 0 Å². The Kier molecular flexibility index (Phi) is 3.95. The van der Waals surface area contributed by atoms with Gasteiger partial charge < -0.3 is 10.5 Å². The van der Waals surface area contributed by atoms with E-state index in [1.165, 1.54) is 10.8 Å². The van der Waals surface area contributed by atoms with Crippen LogP contribution in [0.25, 0.3) is 10.8 Å². The highest BCUT2D eigenvalue weighted by atomic mass is 79.9. The summed E-state index contributed by atoms with van der Waals surface area (Å²) in [6.45, 7) is 0. The number of ether oxygens (including phenoxy) is 1. The van der Waals surface area contributed by atoms with E-state index in [1.807, 2.05) is 30.3 Å².